The molecule has 0 saturated carbocycles. The lowest BCUT2D eigenvalue weighted by Gasteiger charge is -2.47. The lowest BCUT2D eigenvalue weighted by molar-refractivity contribution is 0.0193. The first-order valence-corrected chi connectivity index (χ1v) is 13.1. The van der Waals surface area contributed by atoms with Crippen LogP contribution in [0.5, 0.6) is 5.75 Å². The maximum atomic E-state index is 13.4. The summed E-state index contributed by atoms with van der Waals surface area (Å²) in [4.78, 5) is 22.6. The fourth-order valence-corrected chi connectivity index (χ4v) is 5.59. The topological polar surface area (TPSA) is 45.7 Å². The van der Waals surface area contributed by atoms with Crippen molar-refractivity contribution in [2.45, 2.75) is 46.1 Å². The molecule has 5 heteroatoms. The van der Waals surface area contributed by atoms with Gasteiger partial charge in [-0.3, -0.25) is 9.69 Å². The molecule has 2 aliphatic heterocycles. The molecule has 1 spiro atoms. The van der Waals surface area contributed by atoms with Crippen LogP contribution < -0.4 is 4.74 Å². The number of likely N-dealkylation sites (tertiary alicyclic amines) is 2. The van der Waals surface area contributed by atoms with Crippen LogP contribution >= 0.6 is 0 Å². The molecule has 35 heavy (non-hydrogen) atoms. The second-order valence-corrected chi connectivity index (χ2v) is 10.8. The number of ether oxygens (including phenoxy) is 1. The number of hydrogen-bond donors (Lipinski definition) is 0. The van der Waals surface area contributed by atoms with Crippen molar-refractivity contribution in [3.05, 3.63) is 71.9 Å². The molecule has 2 fully saturated rings. The third-order valence-corrected chi connectivity index (χ3v) is 7.62. The van der Waals surface area contributed by atoms with Gasteiger partial charge in [0.05, 0.1) is 12.1 Å². The lowest BCUT2D eigenvalue weighted by atomic mass is 9.72. The summed E-state index contributed by atoms with van der Waals surface area (Å²) < 4.78 is 6.08. The molecular weight excluding hydrogens is 434 g/mol. The Labute approximate surface area is 209 Å². The van der Waals surface area contributed by atoms with E-state index in [2.05, 4.69) is 52.9 Å². The monoisotopic (exact) mass is 471 g/mol. The number of para-hydroxylation sites is 2. The predicted molar refractivity (Wildman–Crippen MR) is 141 cm³/mol. The van der Waals surface area contributed by atoms with Gasteiger partial charge in [0.2, 0.25) is 0 Å². The number of hydrogen-bond acceptors (Lipinski definition) is 4. The fraction of sp³-hybridized carbons (Fsp3) is 0.467. The summed E-state index contributed by atoms with van der Waals surface area (Å²) in [7, 11) is 0. The van der Waals surface area contributed by atoms with Crippen LogP contribution in [-0.2, 0) is 6.54 Å². The summed E-state index contributed by atoms with van der Waals surface area (Å²) in [5.74, 6) is 1.60. The van der Waals surface area contributed by atoms with Gasteiger partial charge in [-0.1, -0.05) is 56.3 Å². The van der Waals surface area contributed by atoms with Gasteiger partial charge in [0, 0.05) is 30.6 Å². The molecule has 2 aliphatic rings. The SMILES string of the molecule is CC(C)COc1ccccc1CN1CCC2(CCCN(C(=O)c3ccc4ccccc4n3)C2)CC1. The predicted octanol–water partition coefficient (Wildman–Crippen LogP) is 5.79. The van der Waals surface area contributed by atoms with E-state index in [1.807, 2.05) is 36.4 Å². The van der Waals surface area contributed by atoms with Crippen molar-refractivity contribution in [3.63, 3.8) is 0 Å². The van der Waals surface area contributed by atoms with Crippen molar-refractivity contribution in [1.29, 1.82) is 0 Å². The number of carbonyl (C=O) groups excluding carboxylic acids is 1. The normalized spacial score (nSPS) is 18.3. The van der Waals surface area contributed by atoms with Crippen molar-refractivity contribution < 1.29 is 9.53 Å². The quantitative estimate of drug-likeness (QED) is 0.457. The lowest BCUT2D eigenvalue weighted by Crippen LogP contribution is -2.51. The zero-order valence-electron chi connectivity index (χ0n) is 21.1. The molecule has 0 aliphatic carbocycles. The molecule has 2 aromatic carbocycles. The molecule has 5 rings (SSSR count). The van der Waals surface area contributed by atoms with E-state index in [1.165, 1.54) is 12.0 Å². The van der Waals surface area contributed by atoms with E-state index in [9.17, 15) is 4.79 Å². The zero-order valence-corrected chi connectivity index (χ0v) is 21.1. The smallest absolute Gasteiger partial charge is 0.272 e. The van der Waals surface area contributed by atoms with Crippen molar-refractivity contribution in [1.82, 2.24) is 14.8 Å². The van der Waals surface area contributed by atoms with Crippen LogP contribution in [-0.4, -0.2) is 53.5 Å². The Bertz CT molecular complexity index is 1170. The number of pyridine rings is 1. The Morgan fingerprint density at radius 3 is 2.57 bits per heavy atom. The van der Waals surface area contributed by atoms with Gasteiger partial charge < -0.3 is 9.64 Å². The van der Waals surface area contributed by atoms with E-state index in [1.54, 1.807) is 0 Å². The van der Waals surface area contributed by atoms with Crippen LogP contribution in [0.4, 0.5) is 0 Å². The Kier molecular flexibility index (Phi) is 7.05. The Morgan fingerprint density at radius 2 is 1.74 bits per heavy atom. The second-order valence-electron chi connectivity index (χ2n) is 10.8. The van der Waals surface area contributed by atoms with E-state index < -0.39 is 0 Å². The third kappa shape index (κ3) is 5.51. The molecule has 0 bridgehead atoms. The number of nitrogens with zero attached hydrogens (tertiary/aromatic N) is 3. The van der Waals surface area contributed by atoms with Gasteiger partial charge in [-0.25, -0.2) is 4.98 Å². The standard InChI is InChI=1S/C30H37N3O2/c1-23(2)21-35-28-11-6-4-9-25(28)20-32-18-15-30(16-19-32)14-7-17-33(22-30)29(34)27-13-12-24-8-3-5-10-26(24)31-27/h3-6,8-13,23H,7,14-22H2,1-2H3. The van der Waals surface area contributed by atoms with Crippen LogP contribution in [0.1, 0.15) is 55.6 Å². The van der Waals surface area contributed by atoms with Gasteiger partial charge in [0.1, 0.15) is 11.4 Å². The maximum Gasteiger partial charge on any atom is 0.272 e. The van der Waals surface area contributed by atoms with E-state index in [4.69, 9.17) is 4.74 Å². The van der Waals surface area contributed by atoms with Crippen LogP contribution in [0.3, 0.4) is 0 Å². The number of amides is 1. The first-order valence-electron chi connectivity index (χ1n) is 13.1. The van der Waals surface area contributed by atoms with Crippen molar-refractivity contribution in [3.8, 4) is 5.75 Å². The number of fused-ring (bicyclic) bond motifs is 1. The molecule has 3 aromatic rings. The molecule has 5 nitrogen and oxygen atoms in total. The average molecular weight is 472 g/mol. The van der Waals surface area contributed by atoms with Crippen molar-refractivity contribution in [2.24, 2.45) is 11.3 Å². The summed E-state index contributed by atoms with van der Waals surface area (Å²) in [5, 5.41) is 1.07. The van der Waals surface area contributed by atoms with Crippen LogP contribution in [0.25, 0.3) is 10.9 Å². The molecule has 2 saturated heterocycles. The minimum absolute atomic E-state index is 0.0773. The van der Waals surface area contributed by atoms with Gasteiger partial charge in [0.25, 0.3) is 5.91 Å². The summed E-state index contributed by atoms with van der Waals surface area (Å²) in [6.45, 7) is 9.84. The van der Waals surface area contributed by atoms with Crippen LogP contribution in [0.15, 0.2) is 60.7 Å². The van der Waals surface area contributed by atoms with Crippen molar-refractivity contribution in [2.75, 3.05) is 32.8 Å². The number of carbonyl (C=O) groups is 1. The minimum atomic E-state index is 0.0773. The molecule has 0 radical (unpaired) electrons. The highest BCUT2D eigenvalue weighted by molar-refractivity contribution is 5.95. The fourth-order valence-electron chi connectivity index (χ4n) is 5.59. The van der Waals surface area contributed by atoms with Gasteiger partial charge in [-0.2, -0.15) is 0 Å². The van der Waals surface area contributed by atoms with E-state index >= 15 is 0 Å². The Hall–Kier alpha value is -2.92. The average Bonchev–Trinajstić information content (AvgIpc) is 2.89. The molecule has 3 heterocycles. The summed E-state index contributed by atoms with van der Waals surface area (Å²) in [6.07, 6.45) is 4.56. The second kappa shape index (κ2) is 10.4. The van der Waals surface area contributed by atoms with Gasteiger partial charge in [-0.15, -0.1) is 0 Å². The largest absolute Gasteiger partial charge is 0.493 e. The van der Waals surface area contributed by atoms with E-state index in [0.29, 0.717) is 11.6 Å². The first-order chi connectivity index (χ1) is 17.0. The first kappa shape index (κ1) is 23.8. The van der Waals surface area contributed by atoms with E-state index in [-0.39, 0.29) is 11.3 Å². The maximum absolute atomic E-state index is 13.4. The number of rotatable bonds is 6. The van der Waals surface area contributed by atoms with Gasteiger partial charge in [0.15, 0.2) is 0 Å². The molecule has 0 atom stereocenters. The molecule has 0 unspecified atom stereocenters. The number of aromatic nitrogens is 1. The molecule has 1 aromatic heterocycles. The molecule has 0 N–H and O–H groups in total. The van der Waals surface area contributed by atoms with Gasteiger partial charge >= 0.3 is 0 Å². The third-order valence-electron chi connectivity index (χ3n) is 7.62. The summed E-state index contributed by atoms with van der Waals surface area (Å²) >= 11 is 0. The Morgan fingerprint density at radius 1 is 0.971 bits per heavy atom. The molecular formula is C30H37N3O2. The van der Waals surface area contributed by atoms with Crippen LogP contribution in [0, 0.1) is 11.3 Å². The summed E-state index contributed by atoms with van der Waals surface area (Å²) in [5.41, 5.74) is 2.95. The minimum Gasteiger partial charge on any atom is -0.493 e. The van der Waals surface area contributed by atoms with Crippen molar-refractivity contribution >= 4 is 16.8 Å². The Balaban J connectivity index is 1.21. The highest BCUT2D eigenvalue weighted by atomic mass is 16.5. The number of benzene rings is 2. The molecule has 184 valence electrons. The molecule has 1 amide bonds. The highest BCUT2D eigenvalue weighted by Crippen LogP contribution is 2.40. The van der Waals surface area contributed by atoms with Gasteiger partial charge in [-0.05, 0) is 68.3 Å². The van der Waals surface area contributed by atoms with Crippen LogP contribution in [0.2, 0.25) is 0 Å². The van der Waals surface area contributed by atoms with E-state index in [0.717, 1.165) is 75.2 Å². The highest BCUT2D eigenvalue weighted by Gasteiger charge is 2.40. The zero-order chi connectivity index (χ0) is 24.3. The summed E-state index contributed by atoms with van der Waals surface area (Å²) in [6, 6.07) is 20.3. The number of piperidine rings is 2.